The second-order valence-corrected chi connectivity index (χ2v) is 7.32. The zero-order valence-electron chi connectivity index (χ0n) is 15.9. The molecule has 1 aliphatic heterocycles. The maximum Gasteiger partial charge on any atom is 0.238 e. The smallest absolute Gasteiger partial charge is 0.238 e. The molecule has 0 bridgehead atoms. The van der Waals surface area contributed by atoms with Gasteiger partial charge in [0.2, 0.25) is 5.91 Å². The first-order chi connectivity index (χ1) is 13.1. The number of benzene rings is 2. The lowest BCUT2D eigenvalue weighted by Crippen LogP contribution is -2.35. The van der Waals surface area contributed by atoms with Crippen molar-refractivity contribution in [2.45, 2.75) is 31.8 Å². The van der Waals surface area contributed by atoms with E-state index in [1.54, 1.807) is 12.1 Å². The third-order valence-electron chi connectivity index (χ3n) is 5.18. The molecular formula is C22H28FN3O. The van der Waals surface area contributed by atoms with E-state index in [4.69, 9.17) is 0 Å². The van der Waals surface area contributed by atoms with Gasteiger partial charge in [-0.05, 0) is 62.7 Å². The van der Waals surface area contributed by atoms with Crippen LogP contribution in [0.15, 0.2) is 54.6 Å². The minimum Gasteiger partial charge on any atom is -0.325 e. The molecule has 1 fully saturated rings. The summed E-state index contributed by atoms with van der Waals surface area (Å²) in [7, 11) is 2.19. The Kier molecular flexibility index (Phi) is 6.96. The zero-order chi connectivity index (χ0) is 19.1. The van der Waals surface area contributed by atoms with Crippen LogP contribution in [-0.4, -0.2) is 48.4 Å². The van der Waals surface area contributed by atoms with Gasteiger partial charge in [0.1, 0.15) is 5.82 Å². The van der Waals surface area contributed by atoms with E-state index >= 15 is 0 Å². The Hall–Kier alpha value is -2.24. The molecule has 0 aromatic heterocycles. The Morgan fingerprint density at radius 3 is 2.59 bits per heavy atom. The number of carbonyl (C=O) groups is 1. The summed E-state index contributed by atoms with van der Waals surface area (Å²) in [6.07, 6.45) is 3.31. The lowest BCUT2D eigenvalue weighted by Gasteiger charge is -2.27. The van der Waals surface area contributed by atoms with Crippen molar-refractivity contribution in [1.82, 2.24) is 9.80 Å². The summed E-state index contributed by atoms with van der Waals surface area (Å²) in [6.45, 7) is 3.19. The number of carbonyl (C=O) groups excluding carboxylic acids is 1. The molecule has 2 aromatic carbocycles. The second-order valence-electron chi connectivity index (χ2n) is 7.32. The van der Waals surface area contributed by atoms with Crippen LogP contribution in [-0.2, 0) is 11.3 Å². The van der Waals surface area contributed by atoms with E-state index in [1.807, 2.05) is 6.07 Å². The monoisotopic (exact) mass is 369 g/mol. The van der Waals surface area contributed by atoms with Crippen LogP contribution in [0.1, 0.15) is 24.8 Å². The quantitative estimate of drug-likeness (QED) is 0.842. The van der Waals surface area contributed by atoms with Gasteiger partial charge in [0.05, 0.1) is 6.54 Å². The molecule has 1 unspecified atom stereocenters. The Labute approximate surface area is 161 Å². The predicted octanol–water partition coefficient (Wildman–Crippen LogP) is 3.75. The van der Waals surface area contributed by atoms with Crippen molar-refractivity contribution in [1.29, 1.82) is 0 Å². The molecule has 1 heterocycles. The molecule has 2 aromatic rings. The fourth-order valence-corrected chi connectivity index (χ4v) is 3.67. The highest BCUT2D eigenvalue weighted by molar-refractivity contribution is 5.92. The van der Waals surface area contributed by atoms with Gasteiger partial charge in [-0.2, -0.15) is 0 Å². The average molecular weight is 369 g/mol. The molecule has 0 radical (unpaired) electrons. The highest BCUT2D eigenvalue weighted by atomic mass is 19.1. The topological polar surface area (TPSA) is 35.6 Å². The lowest BCUT2D eigenvalue weighted by molar-refractivity contribution is -0.117. The molecule has 0 saturated carbocycles. The minimum absolute atomic E-state index is 0.0438. The summed E-state index contributed by atoms with van der Waals surface area (Å²) in [5.41, 5.74) is 1.97. The molecule has 1 N–H and O–H groups in total. The summed E-state index contributed by atoms with van der Waals surface area (Å²) >= 11 is 0. The van der Waals surface area contributed by atoms with Crippen molar-refractivity contribution in [3.63, 3.8) is 0 Å². The van der Waals surface area contributed by atoms with E-state index in [0.717, 1.165) is 38.9 Å². The fraction of sp³-hybridized carbons (Fsp3) is 0.409. The van der Waals surface area contributed by atoms with E-state index in [2.05, 4.69) is 46.4 Å². The molecule has 5 heteroatoms. The maximum absolute atomic E-state index is 13.0. The van der Waals surface area contributed by atoms with Gasteiger partial charge >= 0.3 is 0 Å². The molecule has 1 atom stereocenters. The first-order valence-electron chi connectivity index (χ1n) is 9.62. The summed E-state index contributed by atoms with van der Waals surface area (Å²) < 4.78 is 13.0. The number of amides is 1. The van der Waals surface area contributed by atoms with Crippen molar-refractivity contribution in [3.05, 3.63) is 66.0 Å². The second kappa shape index (κ2) is 9.62. The standard InChI is InChI=1S/C22H28FN3O/c1-25(16-18-6-3-2-4-7-18)21-8-5-14-26(15-13-21)17-22(27)24-20-11-9-19(23)10-12-20/h2-4,6-7,9-12,21H,5,8,13-17H2,1H3,(H,24,27). The van der Waals surface area contributed by atoms with Crippen LogP contribution in [0.5, 0.6) is 0 Å². The van der Waals surface area contributed by atoms with Crippen LogP contribution < -0.4 is 5.32 Å². The molecule has 144 valence electrons. The van der Waals surface area contributed by atoms with Crippen LogP contribution in [0.25, 0.3) is 0 Å². The third-order valence-corrected chi connectivity index (χ3v) is 5.18. The Bertz CT molecular complexity index is 720. The molecule has 1 aliphatic rings. The van der Waals surface area contributed by atoms with E-state index in [0.29, 0.717) is 18.3 Å². The molecule has 4 nitrogen and oxygen atoms in total. The number of hydrogen-bond donors (Lipinski definition) is 1. The third kappa shape index (κ3) is 6.15. The Morgan fingerprint density at radius 1 is 1.11 bits per heavy atom. The normalized spacial score (nSPS) is 18.3. The van der Waals surface area contributed by atoms with Crippen molar-refractivity contribution in [2.75, 3.05) is 32.0 Å². The van der Waals surface area contributed by atoms with Gasteiger partial charge in [0.15, 0.2) is 0 Å². The highest BCUT2D eigenvalue weighted by Crippen LogP contribution is 2.18. The first kappa shape index (κ1) is 19.5. The van der Waals surface area contributed by atoms with Crippen molar-refractivity contribution in [2.24, 2.45) is 0 Å². The summed E-state index contributed by atoms with van der Waals surface area (Å²) in [5.74, 6) is -0.344. The Morgan fingerprint density at radius 2 is 1.85 bits per heavy atom. The number of anilines is 1. The summed E-state index contributed by atoms with van der Waals surface area (Å²) in [6, 6.07) is 17.0. The zero-order valence-corrected chi connectivity index (χ0v) is 15.9. The predicted molar refractivity (Wildman–Crippen MR) is 107 cm³/mol. The molecule has 0 aliphatic carbocycles. The van der Waals surface area contributed by atoms with Crippen LogP contribution >= 0.6 is 0 Å². The van der Waals surface area contributed by atoms with Gasteiger partial charge in [-0.1, -0.05) is 30.3 Å². The average Bonchev–Trinajstić information content (AvgIpc) is 2.90. The minimum atomic E-state index is -0.300. The van der Waals surface area contributed by atoms with Gasteiger partial charge in [-0.3, -0.25) is 14.6 Å². The van der Waals surface area contributed by atoms with Crippen molar-refractivity contribution in [3.8, 4) is 0 Å². The number of nitrogens with one attached hydrogen (secondary N) is 1. The largest absolute Gasteiger partial charge is 0.325 e. The molecule has 1 amide bonds. The first-order valence-corrected chi connectivity index (χ1v) is 9.62. The van der Waals surface area contributed by atoms with Gasteiger partial charge in [-0.15, -0.1) is 0 Å². The number of likely N-dealkylation sites (tertiary alicyclic amines) is 1. The van der Waals surface area contributed by atoms with Gasteiger partial charge in [0, 0.05) is 24.8 Å². The number of hydrogen-bond acceptors (Lipinski definition) is 3. The van der Waals surface area contributed by atoms with Crippen LogP contribution in [0.3, 0.4) is 0 Å². The van der Waals surface area contributed by atoms with E-state index < -0.39 is 0 Å². The summed E-state index contributed by atoms with van der Waals surface area (Å²) in [5, 5.41) is 2.85. The van der Waals surface area contributed by atoms with Gasteiger partial charge in [0.25, 0.3) is 0 Å². The van der Waals surface area contributed by atoms with Crippen LogP contribution in [0.4, 0.5) is 10.1 Å². The van der Waals surface area contributed by atoms with Crippen molar-refractivity contribution >= 4 is 11.6 Å². The molecule has 3 rings (SSSR count). The molecule has 27 heavy (non-hydrogen) atoms. The number of rotatable bonds is 6. The van der Waals surface area contributed by atoms with E-state index in [9.17, 15) is 9.18 Å². The highest BCUT2D eigenvalue weighted by Gasteiger charge is 2.21. The fourth-order valence-electron chi connectivity index (χ4n) is 3.67. The van der Waals surface area contributed by atoms with Crippen molar-refractivity contribution < 1.29 is 9.18 Å². The SMILES string of the molecule is CN(Cc1ccccc1)C1CCCN(CC(=O)Nc2ccc(F)cc2)CC1. The van der Waals surface area contributed by atoms with E-state index in [1.165, 1.54) is 17.7 Å². The summed E-state index contributed by atoms with van der Waals surface area (Å²) in [4.78, 5) is 16.9. The Balaban J connectivity index is 1.46. The number of nitrogens with zero attached hydrogens (tertiary/aromatic N) is 2. The molecular weight excluding hydrogens is 341 g/mol. The number of halogens is 1. The molecule has 1 saturated heterocycles. The lowest BCUT2D eigenvalue weighted by atomic mass is 10.1. The van der Waals surface area contributed by atoms with Crippen LogP contribution in [0.2, 0.25) is 0 Å². The van der Waals surface area contributed by atoms with Gasteiger partial charge < -0.3 is 5.32 Å². The van der Waals surface area contributed by atoms with Gasteiger partial charge in [-0.25, -0.2) is 4.39 Å². The maximum atomic E-state index is 13.0. The van der Waals surface area contributed by atoms with Crippen LogP contribution in [0, 0.1) is 5.82 Å². The van der Waals surface area contributed by atoms with E-state index in [-0.39, 0.29) is 11.7 Å². The molecule has 0 spiro atoms.